The minimum atomic E-state index is -4.42. The third kappa shape index (κ3) is 2.35. The highest BCUT2D eigenvalue weighted by molar-refractivity contribution is 5.64. The van der Waals surface area contributed by atoms with Crippen LogP contribution in [-0.4, -0.2) is 9.97 Å². The number of hydrogen-bond donors (Lipinski definition) is 1. The van der Waals surface area contributed by atoms with E-state index < -0.39 is 11.7 Å². The molecule has 0 bridgehead atoms. The number of alkyl halides is 3. The topological polar surface area (TPSA) is 51.8 Å². The van der Waals surface area contributed by atoms with Gasteiger partial charge in [0.2, 0.25) is 0 Å². The second-order valence-corrected chi connectivity index (χ2v) is 3.37. The Morgan fingerprint density at radius 2 is 1.71 bits per heavy atom. The molecule has 6 heteroatoms. The molecule has 0 saturated carbocycles. The summed E-state index contributed by atoms with van der Waals surface area (Å²) in [5.41, 5.74) is 4.73. The van der Waals surface area contributed by atoms with E-state index in [1.165, 1.54) is 30.6 Å². The van der Waals surface area contributed by atoms with E-state index in [1.807, 2.05) is 0 Å². The van der Waals surface area contributed by atoms with Crippen LogP contribution in [0.1, 0.15) is 5.56 Å². The maximum absolute atomic E-state index is 12.7. The first-order chi connectivity index (χ1) is 7.98. The van der Waals surface area contributed by atoms with Crippen LogP contribution in [0.3, 0.4) is 0 Å². The first-order valence-electron chi connectivity index (χ1n) is 4.72. The number of benzene rings is 1. The highest BCUT2D eigenvalue weighted by atomic mass is 19.4. The van der Waals surface area contributed by atoms with Crippen LogP contribution in [0, 0.1) is 0 Å². The van der Waals surface area contributed by atoms with Crippen LogP contribution < -0.4 is 5.73 Å². The summed E-state index contributed by atoms with van der Waals surface area (Å²) >= 11 is 0. The fourth-order valence-corrected chi connectivity index (χ4v) is 1.43. The standard InChI is InChI=1S/C11H8F3N3/c12-11(13,14)8-4-2-1-3-7(8)9-5-17-10(15)6-16-9/h1-6H,(H2,15,17). The summed E-state index contributed by atoms with van der Waals surface area (Å²) in [5.74, 6) is 0.165. The van der Waals surface area contributed by atoms with Crippen LogP contribution in [0.5, 0.6) is 0 Å². The van der Waals surface area contributed by atoms with Gasteiger partial charge >= 0.3 is 6.18 Å². The Balaban J connectivity index is 2.56. The lowest BCUT2D eigenvalue weighted by Gasteiger charge is -2.11. The molecule has 2 aromatic rings. The Hall–Kier alpha value is -2.11. The van der Waals surface area contributed by atoms with E-state index in [0.29, 0.717) is 0 Å². The fourth-order valence-electron chi connectivity index (χ4n) is 1.43. The lowest BCUT2D eigenvalue weighted by Crippen LogP contribution is -2.07. The summed E-state index contributed by atoms with van der Waals surface area (Å²) < 4.78 is 38.2. The van der Waals surface area contributed by atoms with Gasteiger partial charge in [-0.15, -0.1) is 0 Å². The van der Waals surface area contributed by atoms with Crippen molar-refractivity contribution >= 4 is 5.82 Å². The molecule has 1 heterocycles. The molecular formula is C11H8F3N3. The lowest BCUT2D eigenvalue weighted by atomic mass is 10.0. The quantitative estimate of drug-likeness (QED) is 0.832. The van der Waals surface area contributed by atoms with Gasteiger partial charge in [-0.2, -0.15) is 13.2 Å². The molecular weight excluding hydrogens is 231 g/mol. The highest BCUT2D eigenvalue weighted by Crippen LogP contribution is 2.35. The van der Waals surface area contributed by atoms with Gasteiger partial charge in [-0.05, 0) is 6.07 Å². The van der Waals surface area contributed by atoms with E-state index in [0.717, 1.165) is 6.07 Å². The van der Waals surface area contributed by atoms with E-state index >= 15 is 0 Å². The van der Waals surface area contributed by atoms with Crippen LogP contribution in [0.15, 0.2) is 36.7 Å². The van der Waals surface area contributed by atoms with Crippen molar-refractivity contribution in [3.05, 3.63) is 42.2 Å². The van der Waals surface area contributed by atoms with Gasteiger partial charge in [-0.3, -0.25) is 4.98 Å². The monoisotopic (exact) mass is 239 g/mol. The molecule has 3 nitrogen and oxygen atoms in total. The summed E-state index contributed by atoms with van der Waals surface area (Å²) in [7, 11) is 0. The molecule has 1 aromatic heterocycles. The van der Waals surface area contributed by atoms with Gasteiger partial charge in [-0.1, -0.05) is 18.2 Å². The highest BCUT2D eigenvalue weighted by Gasteiger charge is 2.33. The summed E-state index contributed by atoms with van der Waals surface area (Å²) in [6.07, 6.45) is -1.97. The van der Waals surface area contributed by atoms with Crippen LogP contribution >= 0.6 is 0 Å². The Kier molecular flexibility index (Phi) is 2.71. The molecule has 17 heavy (non-hydrogen) atoms. The van der Waals surface area contributed by atoms with Gasteiger partial charge < -0.3 is 5.73 Å². The van der Waals surface area contributed by atoms with Crippen molar-refractivity contribution in [2.75, 3.05) is 5.73 Å². The van der Waals surface area contributed by atoms with Gasteiger partial charge in [0.15, 0.2) is 0 Å². The van der Waals surface area contributed by atoms with E-state index in [9.17, 15) is 13.2 Å². The Morgan fingerprint density at radius 1 is 1.00 bits per heavy atom. The first kappa shape index (κ1) is 11.4. The normalized spacial score (nSPS) is 11.5. The molecule has 0 aliphatic carbocycles. The van der Waals surface area contributed by atoms with E-state index in [-0.39, 0.29) is 17.1 Å². The Morgan fingerprint density at radius 3 is 2.29 bits per heavy atom. The molecule has 0 radical (unpaired) electrons. The van der Waals surface area contributed by atoms with Crippen molar-refractivity contribution in [1.29, 1.82) is 0 Å². The van der Waals surface area contributed by atoms with Crippen LogP contribution in [-0.2, 0) is 6.18 Å². The third-order valence-electron chi connectivity index (χ3n) is 2.18. The lowest BCUT2D eigenvalue weighted by molar-refractivity contribution is -0.137. The number of rotatable bonds is 1. The van der Waals surface area contributed by atoms with Crippen LogP contribution in [0.4, 0.5) is 19.0 Å². The second-order valence-electron chi connectivity index (χ2n) is 3.37. The third-order valence-corrected chi connectivity index (χ3v) is 2.18. The second kappa shape index (κ2) is 4.04. The van der Waals surface area contributed by atoms with E-state index in [2.05, 4.69) is 9.97 Å². The molecule has 1 aromatic carbocycles. The molecule has 0 amide bonds. The zero-order valence-corrected chi connectivity index (χ0v) is 8.57. The molecule has 88 valence electrons. The molecule has 0 unspecified atom stereocenters. The number of nitrogens with two attached hydrogens (primary N) is 1. The van der Waals surface area contributed by atoms with Crippen molar-refractivity contribution in [3.63, 3.8) is 0 Å². The molecule has 2 rings (SSSR count). The number of hydrogen-bond acceptors (Lipinski definition) is 3. The van der Waals surface area contributed by atoms with Gasteiger partial charge in [0, 0.05) is 5.56 Å². The molecule has 0 saturated heterocycles. The van der Waals surface area contributed by atoms with Crippen LogP contribution in [0.25, 0.3) is 11.3 Å². The SMILES string of the molecule is Nc1cnc(-c2ccccc2C(F)(F)F)cn1. The molecule has 0 aliphatic heterocycles. The maximum Gasteiger partial charge on any atom is 0.417 e. The number of nitrogens with zero attached hydrogens (tertiary/aromatic N) is 2. The van der Waals surface area contributed by atoms with Gasteiger partial charge in [0.05, 0.1) is 23.7 Å². The predicted octanol–water partition coefficient (Wildman–Crippen LogP) is 2.74. The largest absolute Gasteiger partial charge is 0.417 e. The average molecular weight is 239 g/mol. The molecule has 0 spiro atoms. The molecule has 0 aliphatic rings. The molecule has 0 fully saturated rings. The number of anilines is 1. The minimum absolute atomic E-state index is 0.00694. The average Bonchev–Trinajstić information content (AvgIpc) is 2.29. The van der Waals surface area contributed by atoms with Crippen LogP contribution in [0.2, 0.25) is 0 Å². The fraction of sp³-hybridized carbons (Fsp3) is 0.0909. The summed E-state index contributed by atoms with van der Waals surface area (Å²) in [5, 5.41) is 0. The zero-order chi connectivity index (χ0) is 12.5. The summed E-state index contributed by atoms with van der Waals surface area (Å²) in [4.78, 5) is 7.56. The minimum Gasteiger partial charge on any atom is -0.382 e. The summed E-state index contributed by atoms with van der Waals surface area (Å²) in [6.45, 7) is 0. The predicted molar refractivity (Wildman–Crippen MR) is 56.9 cm³/mol. The van der Waals surface area contributed by atoms with E-state index in [4.69, 9.17) is 5.73 Å². The Labute approximate surface area is 95.1 Å². The number of halogens is 3. The zero-order valence-electron chi connectivity index (χ0n) is 8.57. The maximum atomic E-state index is 12.7. The first-order valence-corrected chi connectivity index (χ1v) is 4.72. The van der Waals surface area contributed by atoms with Gasteiger partial charge in [-0.25, -0.2) is 4.98 Å². The van der Waals surface area contributed by atoms with Gasteiger partial charge in [0.25, 0.3) is 0 Å². The van der Waals surface area contributed by atoms with Crippen molar-refractivity contribution in [1.82, 2.24) is 9.97 Å². The molecule has 2 N–H and O–H groups in total. The number of nitrogen functional groups attached to an aromatic ring is 1. The number of aromatic nitrogens is 2. The van der Waals surface area contributed by atoms with E-state index in [1.54, 1.807) is 0 Å². The molecule has 0 atom stereocenters. The van der Waals surface area contributed by atoms with Crippen molar-refractivity contribution in [2.24, 2.45) is 0 Å². The van der Waals surface area contributed by atoms with Crippen molar-refractivity contribution in [2.45, 2.75) is 6.18 Å². The summed E-state index contributed by atoms with van der Waals surface area (Å²) in [6, 6.07) is 5.20. The smallest absolute Gasteiger partial charge is 0.382 e. The Bertz CT molecular complexity index is 520. The van der Waals surface area contributed by atoms with Crippen molar-refractivity contribution < 1.29 is 13.2 Å². The van der Waals surface area contributed by atoms with Crippen molar-refractivity contribution in [3.8, 4) is 11.3 Å². The van der Waals surface area contributed by atoms with Gasteiger partial charge in [0.1, 0.15) is 5.82 Å².